The first kappa shape index (κ1) is 14.3. The summed E-state index contributed by atoms with van der Waals surface area (Å²) in [6.45, 7) is 3.37. The van der Waals surface area contributed by atoms with E-state index in [9.17, 15) is 4.79 Å². The second kappa shape index (κ2) is 6.89. The summed E-state index contributed by atoms with van der Waals surface area (Å²) in [5, 5.41) is 0. The molecule has 4 heteroatoms. The van der Waals surface area contributed by atoms with E-state index in [2.05, 4.69) is 17.1 Å². The molecule has 0 fully saturated rings. The minimum absolute atomic E-state index is 0.219. The first-order valence-corrected chi connectivity index (χ1v) is 7.05. The quantitative estimate of drug-likeness (QED) is 0.675. The number of hydrogen-bond acceptors (Lipinski definition) is 2. The molecule has 1 aliphatic heterocycles. The SMILES string of the molecule is CCCC(=O)N1CCC(N=CN)=C(c2ccccc2)C1. The van der Waals surface area contributed by atoms with Crippen molar-refractivity contribution >= 4 is 17.8 Å². The van der Waals surface area contributed by atoms with Crippen LogP contribution >= 0.6 is 0 Å². The van der Waals surface area contributed by atoms with Gasteiger partial charge in [-0.2, -0.15) is 0 Å². The highest BCUT2D eigenvalue weighted by molar-refractivity contribution is 5.81. The van der Waals surface area contributed by atoms with E-state index in [-0.39, 0.29) is 5.91 Å². The molecule has 0 spiro atoms. The summed E-state index contributed by atoms with van der Waals surface area (Å²) in [4.78, 5) is 18.3. The van der Waals surface area contributed by atoms with Crippen LogP contribution in [0.1, 0.15) is 31.7 Å². The van der Waals surface area contributed by atoms with Crippen LogP contribution in [-0.2, 0) is 4.79 Å². The molecule has 1 aliphatic rings. The fourth-order valence-electron chi connectivity index (χ4n) is 2.47. The second-order valence-electron chi connectivity index (χ2n) is 4.88. The van der Waals surface area contributed by atoms with Gasteiger partial charge >= 0.3 is 0 Å². The largest absolute Gasteiger partial charge is 0.390 e. The third kappa shape index (κ3) is 3.26. The summed E-state index contributed by atoms with van der Waals surface area (Å²) in [6.07, 6.45) is 3.58. The van der Waals surface area contributed by atoms with Crippen molar-refractivity contribution in [2.45, 2.75) is 26.2 Å². The zero-order valence-corrected chi connectivity index (χ0v) is 11.9. The minimum atomic E-state index is 0.219. The zero-order valence-electron chi connectivity index (χ0n) is 11.9. The summed E-state index contributed by atoms with van der Waals surface area (Å²) in [6, 6.07) is 10.1. The molecule has 1 heterocycles. The molecule has 1 amide bonds. The van der Waals surface area contributed by atoms with E-state index in [1.54, 1.807) is 0 Å². The number of nitrogens with two attached hydrogens (primary N) is 1. The highest BCUT2D eigenvalue weighted by atomic mass is 16.2. The van der Waals surface area contributed by atoms with E-state index in [0.29, 0.717) is 13.0 Å². The van der Waals surface area contributed by atoms with Gasteiger partial charge in [-0.05, 0) is 12.0 Å². The van der Waals surface area contributed by atoms with Crippen LogP contribution in [-0.4, -0.2) is 30.2 Å². The van der Waals surface area contributed by atoms with E-state index in [1.807, 2.05) is 30.0 Å². The number of carbonyl (C=O) groups is 1. The van der Waals surface area contributed by atoms with Crippen molar-refractivity contribution in [2.75, 3.05) is 13.1 Å². The number of carbonyl (C=O) groups excluding carboxylic acids is 1. The monoisotopic (exact) mass is 271 g/mol. The topological polar surface area (TPSA) is 58.7 Å². The summed E-state index contributed by atoms with van der Waals surface area (Å²) in [5.41, 5.74) is 8.63. The van der Waals surface area contributed by atoms with Crippen LogP contribution in [0, 0.1) is 0 Å². The maximum Gasteiger partial charge on any atom is 0.222 e. The molecule has 4 nitrogen and oxygen atoms in total. The Bertz CT molecular complexity index is 520. The van der Waals surface area contributed by atoms with Crippen molar-refractivity contribution in [3.8, 4) is 0 Å². The van der Waals surface area contributed by atoms with Crippen LogP contribution in [0.4, 0.5) is 0 Å². The molecule has 0 aromatic heterocycles. The molecule has 1 aromatic carbocycles. The lowest BCUT2D eigenvalue weighted by molar-refractivity contribution is -0.130. The molecule has 0 atom stereocenters. The Labute approximate surface area is 120 Å². The van der Waals surface area contributed by atoms with Gasteiger partial charge in [0.25, 0.3) is 0 Å². The van der Waals surface area contributed by atoms with Gasteiger partial charge in [0.05, 0.1) is 6.34 Å². The van der Waals surface area contributed by atoms with Crippen molar-refractivity contribution in [1.82, 2.24) is 4.90 Å². The Morgan fingerprint density at radius 2 is 2.15 bits per heavy atom. The van der Waals surface area contributed by atoms with Crippen LogP contribution in [0.15, 0.2) is 41.0 Å². The molecule has 20 heavy (non-hydrogen) atoms. The van der Waals surface area contributed by atoms with Gasteiger partial charge in [-0.3, -0.25) is 4.79 Å². The van der Waals surface area contributed by atoms with E-state index in [4.69, 9.17) is 5.73 Å². The Balaban J connectivity index is 2.28. The summed E-state index contributed by atoms with van der Waals surface area (Å²) >= 11 is 0. The van der Waals surface area contributed by atoms with Crippen LogP contribution in [0.5, 0.6) is 0 Å². The molecular weight excluding hydrogens is 250 g/mol. The van der Waals surface area contributed by atoms with Gasteiger partial charge in [-0.25, -0.2) is 4.99 Å². The lowest BCUT2D eigenvalue weighted by atomic mass is 9.98. The Kier molecular flexibility index (Phi) is 4.93. The van der Waals surface area contributed by atoms with Crippen molar-refractivity contribution in [1.29, 1.82) is 0 Å². The smallest absolute Gasteiger partial charge is 0.222 e. The molecular formula is C16H21N3O. The average Bonchev–Trinajstić information content (AvgIpc) is 2.49. The molecule has 0 saturated carbocycles. The number of aliphatic imine (C=N–C) groups is 1. The van der Waals surface area contributed by atoms with E-state index in [1.165, 1.54) is 6.34 Å². The number of amides is 1. The predicted molar refractivity (Wildman–Crippen MR) is 82.1 cm³/mol. The second-order valence-corrected chi connectivity index (χ2v) is 4.88. The molecule has 0 radical (unpaired) electrons. The van der Waals surface area contributed by atoms with Crippen LogP contribution < -0.4 is 5.73 Å². The number of rotatable bonds is 4. The zero-order chi connectivity index (χ0) is 14.4. The van der Waals surface area contributed by atoms with Crippen molar-refractivity contribution < 1.29 is 4.79 Å². The standard InChI is InChI=1S/C16H21N3O/c1-2-6-16(20)19-10-9-15(18-12-17)14(11-19)13-7-4-3-5-8-13/h3-5,7-8,12H,2,6,9-11H2,1H3,(H2,17,18). The number of benzene rings is 1. The fourth-order valence-corrected chi connectivity index (χ4v) is 2.47. The fraction of sp³-hybridized carbons (Fsp3) is 0.375. The molecule has 106 valence electrons. The van der Waals surface area contributed by atoms with E-state index >= 15 is 0 Å². The highest BCUT2D eigenvalue weighted by Crippen LogP contribution is 2.27. The maximum atomic E-state index is 12.1. The van der Waals surface area contributed by atoms with Crippen molar-refractivity contribution in [2.24, 2.45) is 10.7 Å². The van der Waals surface area contributed by atoms with Gasteiger partial charge in [-0.1, -0.05) is 37.3 Å². The van der Waals surface area contributed by atoms with Crippen LogP contribution in [0.25, 0.3) is 5.57 Å². The maximum absolute atomic E-state index is 12.1. The normalized spacial score (nSPS) is 15.9. The molecule has 0 unspecified atom stereocenters. The third-order valence-corrected chi connectivity index (χ3v) is 3.49. The van der Waals surface area contributed by atoms with Gasteiger partial charge < -0.3 is 10.6 Å². The van der Waals surface area contributed by atoms with Crippen molar-refractivity contribution in [3.05, 3.63) is 41.6 Å². The van der Waals surface area contributed by atoms with E-state index < -0.39 is 0 Å². The molecule has 0 bridgehead atoms. The highest BCUT2D eigenvalue weighted by Gasteiger charge is 2.22. The van der Waals surface area contributed by atoms with Crippen molar-refractivity contribution in [3.63, 3.8) is 0 Å². The Morgan fingerprint density at radius 1 is 1.40 bits per heavy atom. The minimum Gasteiger partial charge on any atom is -0.390 e. The molecule has 2 rings (SSSR count). The first-order chi connectivity index (χ1) is 9.76. The summed E-state index contributed by atoms with van der Waals surface area (Å²) in [7, 11) is 0. The Morgan fingerprint density at radius 3 is 2.80 bits per heavy atom. The molecule has 0 saturated heterocycles. The average molecular weight is 271 g/mol. The molecule has 1 aromatic rings. The Hall–Kier alpha value is -2.10. The number of hydrogen-bond donors (Lipinski definition) is 1. The lowest BCUT2D eigenvalue weighted by Crippen LogP contribution is -2.36. The van der Waals surface area contributed by atoms with Gasteiger partial charge in [0.15, 0.2) is 0 Å². The van der Waals surface area contributed by atoms with Crippen LogP contribution in [0.2, 0.25) is 0 Å². The first-order valence-electron chi connectivity index (χ1n) is 7.05. The van der Waals surface area contributed by atoms with Gasteiger partial charge in [0.2, 0.25) is 5.91 Å². The van der Waals surface area contributed by atoms with Gasteiger partial charge in [0, 0.05) is 37.2 Å². The van der Waals surface area contributed by atoms with E-state index in [0.717, 1.165) is 36.2 Å². The number of nitrogens with zero attached hydrogens (tertiary/aromatic N) is 2. The van der Waals surface area contributed by atoms with Gasteiger partial charge in [0.1, 0.15) is 0 Å². The molecule has 0 aliphatic carbocycles. The predicted octanol–water partition coefficient (Wildman–Crippen LogP) is 2.42. The third-order valence-electron chi connectivity index (χ3n) is 3.49. The summed E-state index contributed by atoms with van der Waals surface area (Å²) in [5.74, 6) is 0.219. The van der Waals surface area contributed by atoms with Gasteiger partial charge in [-0.15, -0.1) is 0 Å². The lowest BCUT2D eigenvalue weighted by Gasteiger charge is -2.30. The molecule has 2 N–H and O–H groups in total. The van der Waals surface area contributed by atoms with Crippen LogP contribution in [0.3, 0.4) is 0 Å². The summed E-state index contributed by atoms with van der Waals surface area (Å²) < 4.78 is 0.